The van der Waals surface area contributed by atoms with Crippen LogP contribution in [0.25, 0.3) is 0 Å². The van der Waals surface area contributed by atoms with E-state index in [0.29, 0.717) is 5.92 Å². The van der Waals surface area contributed by atoms with Crippen LogP contribution in [0.2, 0.25) is 0 Å². The van der Waals surface area contributed by atoms with Crippen LogP contribution in [-0.4, -0.2) is 9.55 Å². The molecule has 0 aromatic carbocycles. The number of aromatic nitrogens is 2. The van der Waals surface area contributed by atoms with E-state index in [1.807, 2.05) is 6.20 Å². The molecule has 1 aromatic heterocycles. The Morgan fingerprint density at radius 1 is 1.54 bits per heavy atom. The molecular formula is C10H18N2S. The predicted molar refractivity (Wildman–Crippen MR) is 58.6 cm³/mol. The van der Waals surface area contributed by atoms with Crippen molar-refractivity contribution in [1.82, 2.24) is 9.55 Å². The van der Waals surface area contributed by atoms with Crippen molar-refractivity contribution < 1.29 is 0 Å². The van der Waals surface area contributed by atoms with Gasteiger partial charge in [0.1, 0.15) is 0 Å². The minimum atomic E-state index is 0.546. The lowest BCUT2D eigenvalue weighted by molar-refractivity contribution is 0.586. The third kappa shape index (κ3) is 2.44. The second-order valence-electron chi connectivity index (χ2n) is 3.68. The van der Waals surface area contributed by atoms with Crippen molar-refractivity contribution >= 4 is 12.2 Å². The molecule has 13 heavy (non-hydrogen) atoms. The molecule has 0 radical (unpaired) electrons. The minimum absolute atomic E-state index is 0.546. The Labute approximate surface area is 85.0 Å². The topological polar surface area (TPSA) is 20.7 Å². The largest absolute Gasteiger partial charge is 0.337 e. The van der Waals surface area contributed by atoms with Crippen molar-refractivity contribution in [2.75, 3.05) is 0 Å². The Kier molecular flexibility index (Phi) is 3.72. The molecule has 0 fully saturated rings. The Hall–Kier alpha value is -0.570. The van der Waals surface area contributed by atoms with Crippen LogP contribution < -0.4 is 0 Å². The number of aromatic amines is 1. The average Bonchev–Trinajstić information content (AvgIpc) is 2.43. The molecule has 0 bridgehead atoms. The Bertz CT molecular complexity index is 309. The zero-order valence-electron chi connectivity index (χ0n) is 8.63. The standard InChI is InChI=1S/C10H18N2S/c1-4-5-6-12-9(8(2)3)7-11-10(12)13/h7-8H,4-6H2,1-3H3,(H,11,13). The zero-order chi connectivity index (χ0) is 9.84. The van der Waals surface area contributed by atoms with E-state index in [0.717, 1.165) is 11.3 Å². The molecule has 0 saturated heterocycles. The van der Waals surface area contributed by atoms with Gasteiger partial charge in [0.15, 0.2) is 4.77 Å². The second-order valence-corrected chi connectivity index (χ2v) is 4.07. The normalized spacial score (nSPS) is 11.1. The third-order valence-electron chi connectivity index (χ3n) is 2.23. The van der Waals surface area contributed by atoms with Gasteiger partial charge in [-0.25, -0.2) is 0 Å². The van der Waals surface area contributed by atoms with E-state index in [4.69, 9.17) is 12.2 Å². The van der Waals surface area contributed by atoms with Crippen molar-refractivity contribution in [1.29, 1.82) is 0 Å². The molecule has 2 nitrogen and oxygen atoms in total. The number of unbranched alkanes of at least 4 members (excludes halogenated alkanes) is 1. The summed E-state index contributed by atoms with van der Waals surface area (Å²) in [6.45, 7) is 7.64. The van der Waals surface area contributed by atoms with Gasteiger partial charge in [0.2, 0.25) is 0 Å². The smallest absolute Gasteiger partial charge is 0.177 e. The number of rotatable bonds is 4. The fourth-order valence-electron chi connectivity index (χ4n) is 1.43. The summed E-state index contributed by atoms with van der Waals surface area (Å²) in [4.78, 5) is 3.11. The fourth-order valence-corrected chi connectivity index (χ4v) is 1.69. The minimum Gasteiger partial charge on any atom is -0.337 e. The highest BCUT2D eigenvalue weighted by molar-refractivity contribution is 7.71. The molecule has 74 valence electrons. The third-order valence-corrected chi connectivity index (χ3v) is 2.57. The summed E-state index contributed by atoms with van der Waals surface area (Å²) in [5.41, 5.74) is 1.32. The molecule has 1 N–H and O–H groups in total. The molecule has 0 unspecified atom stereocenters. The SMILES string of the molecule is CCCCn1c(C(C)C)c[nH]c1=S. The monoisotopic (exact) mass is 198 g/mol. The van der Waals surface area contributed by atoms with E-state index >= 15 is 0 Å². The second kappa shape index (κ2) is 4.61. The van der Waals surface area contributed by atoms with Crippen molar-refractivity contribution in [3.63, 3.8) is 0 Å². The Morgan fingerprint density at radius 3 is 2.77 bits per heavy atom. The van der Waals surface area contributed by atoms with Crippen molar-refractivity contribution in [3.8, 4) is 0 Å². The maximum Gasteiger partial charge on any atom is 0.177 e. The van der Waals surface area contributed by atoms with Gasteiger partial charge in [0.05, 0.1) is 0 Å². The first-order valence-electron chi connectivity index (χ1n) is 4.95. The van der Waals surface area contributed by atoms with E-state index in [-0.39, 0.29) is 0 Å². The van der Waals surface area contributed by atoms with Crippen molar-refractivity contribution in [3.05, 3.63) is 16.7 Å². The highest BCUT2D eigenvalue weighted by Gasteiger charge is 2.06. The Balaban J connectivity index is 2.88. The van der Waals surface area contributed by atoms with Crippen LogP contribution >= 0.6 is 12.2 Å². The number of hydrogen-bond acceptors (Lipinski definition) is 1. The van der Waals surface area contributed by atoms with Crippen LogP contribution in [0.5, 0.6) is 0 Å². The molecule has 1 aromatic rings. The number of hydrogen-bond donors (Lipinski definition) is 1. The number of nitrogens with one attached hydrogen (secondary N) is 1. The van der Waals surface area contributed by atoms with Gasteiger partial charge in [0, 0.05) is 18.4 Å². The van der Waals surface area contributed by atoms with Gasteiger partial charge >= 0.3 is 0 Å². The number of nitrogens with zero attached hydrogens (tertiary/aromatic N) is 1. The van der Waals surface area contributed by atoms with Crippen LogP contribution in [0.3, 0.4) is 0 Å². The van der Waals surface area contributed by atoms with Crippen LogP contribution in [0.15, 0.2) is 6.20 Å². The summed E-state index contributed by atoms with van der Waals surface area (Å²) in [5.74, 6) is 0.546. The quantitative estimate of drug-likeness (QED) is 0.735. The molecule has 3 heteroatoms. The molecular weight excluding hydrogens is 180 g/mol. The first kappa shape index (κ1) is 10.5. The molecule has 1 rings (SSSR count). The van der Waals surface area contributed by atoms with Gasteiger partial charge in [0.25, 0.3) is 0 Å². The summed E-state index contributed by atoms with van der Waals surface area (Å²) in [7, 11) is 0. The van der Waals surface area contributed by atoms with Crippen molar-refractivity contribution in [2.24, 2.45) is 0 Å². The lowest BCUT2D eigenvalue weighted by Gasteiger charge is -2.09. The summed E-state index contributed by atoms with van der Waals surface area (Å²) < 4.78 is 3.07. The van der Waals surface area contributed by atoms with Crippen LogP contribution in [-0.2, 0) is 6.54 Å². The van der Waals surface area contributed by atoms with Gasteiger partial charge < -0.3 is 9.55 Å². The first-order chi connectivity index (χ1) is 6.16. The molecule has 0 aliphatic heterocycles. The van der Waals surface area contributed by atoms with E-state index in [1.54, 1.807) is 0 Å². The van der Waals surface area contributed by atoms with Crippen LogP contribution in [0.1, 0.15) is 45.2 Å². The molecule has 0 aliphatic carbocycles. The lowest BCUT2D eigenvalue weighted by atomic mass is 10.1. The molecule has 0 spiro atoms. The van der Waals surface area contributed by atoms with Gasteiger partial charge in [-0.1, -0.05) is 27.2 Å². The maximum atomic E-state index is 5.21. The van der Waals surface area contributed by atoms with Crippen molar-refractivity contribution in [2.45, 2.75) is 46.1 Å². The Morgan fingerprint density at radius 2 is 2.23 bits per heavy atom. The predicted octanol–water partition coefficient (Wildman–Crippen LogP) is 3.47. The van der Waals surface area contributed by atoms with Gasteiger partial charge in [-0.2, -0.15) is 0 Å². The highest BCUT2D eigenvalue weighted by atomic mass is 32.1. The molecule has 0 amide bonds. The summed E-state index contributed by atoms with van der Waals surface area (Å²) >= 11 is 5.21. The fraction of sp³-hybridized carbons (Fsp3) is 0.700. The van der Waals surface area contributed by atoms with E-state index < -0.39 is 0 Å². The summed E-state index contributed by atoms with van der Waals surface area (Å²) in [5, 5.41) is 0. The van der Waals surface area contributed by atoms with Crippen LogP contribution in [0, 0.1) is 4.77 Å². The van der Waals surface area contributed by atoms with Gasteiger partial charge in [-0.05, 0) is 24.6 Å². The maximum absolute atomic E-state index is 5.21. The first-order valence-corrected chi connectivity index (χ1v) is 5.35. The van der Waals surface area contributed by atoms with Gasteiger partial charge in [-0.3, -0.25) is 0 Å². The van der Waals surface area contributed by atoms with E-state index in [1.165, 1.54) is 18.5 Å². The molecule has 0 atom stereocenters. The summed E-state index contributed by atoms with van der Waals surface area (Å²) in [6, 6.07) is 0. The molecule has 0 saturated carbocycles. The highest BCUT2D eigenvalue weighted by Crippen LogP contribution is 2.15. The van der Waals surface area contributed by atoms with E-state index in [2.05, 4.69) is 30.3 Å². The number of H-pyrrole nitrogens is 1. The molecule has 1 heterocycles. The van der Waals surface area contributed by atoms with Crippen LogP contribution in [0.4, 0.5) is 0 Å². The zero-order valence-corrected chi connectivity index (χ0v) is 9.45. The molecule has 0 aliphatic rings. The van der Waals surface area contributed by atoms with Gasteiger partial charge in [-0.15, -0.1) is 0 Å². The lowest BCUT2D eigenvalue weighted by Crippen LogP contribution is -2.04. The number of imidazole rings is 1. The summed E-state index contributed by atoms with van der Waals surface area (Å²) in [6.07, 6.45) is 4.44. The average molecular weight is 198 g/mol. The van der Waals surface area contributed by atoms with E-state index in [9.17, 15) is 0 Å².